The molecule has 132 valence electrons. The first-order valence-corrected chi connectivity index (χ1v) is 8.75. The smallest absolute Gasteiger partial charge is 0.260 e. The van der Waals surface area contributed by atoms with Crippen molar-refractivity contribution in [3.63, 3.8) is 0 Å². The summed E-state index contributed by atoms with van der Waals surface area (Å²) in [5, 5.41) is 1.05. The predicted molar refractivity (Wildman–Crippen MR) is 99.3 cm³/mol. The summed E-state index contributed by atoms with van der Waals surface area (Å²) in [6.45, 7) is 1.30. The van der Waals surface area contributed by atoms with Crippen LogP contribution in [-0.2, 0) is 4.79 Å². The van der Waals surface area contributed by atoms with Crippen molar-refractivity contribution < 1.29 is 14.3 Å². The van der Waals surface area contributed by atoms with E-state index >= 15 is 0 Å². The highest BCUT2D eigenvalue weighted by Crippen LogP contribution is 2.26. The summed E-state index contributed by atoms with van der Waals surface area (Å²) in [7, 11) is 0. The normalized spacial score (nSPS) is 16.6. The molecule has 26 heavy (non-hydrogen) atoms. The highest BCUT2D eigenvalue weighted by Gasteiger charge is 2.28. The van der Waals surface area contributed by atoms with Crippen molar-refractivity contribution in [1.29, 1.82) is 0 Å². The van der Waals surface area contributed by atoms with E-state index in [4.69, 9.17) is 9.47 Å². The van der Waals surface area contributed by atoms with Gasteiger partial charge in [-0.3, -0.25) is 9.78 Å². The van der Waals surface area contributed by atoms with Crippen molar-refractivity contribution >= 4 is 16.8 Å². The van der Waals surface area contributed by atoms with Crippen LogP contribution in [0.4, 0.5) is 0 Å². The lowest BCUT2D eigenvalue weighted by Gasteiger charge is -2.18. The van der Waals surface area contributed by atoms with Gasteiger partial charge in [-0.05, 0) is 24.3 Å². The van der Waals surface area contributed by atoms with Crippen LogP contribution in [0.5, 0.6) is 11.5 Å². The molecule has 2 aromatic carbocycles. The summed E-state index contributed by atoms with van der Waals surface area (Å²) in [4.78, 5) is 18.6. The zero-order chi connectivity index (χ0) is 17.8. The lowest BCUT2D eigenvalue weighted by molar-refractivity contribution is -0.132. The molecular formula is C21H20N2O3. The molecule has 1 saturated heterocycles. The van der Waals surface area contributed by atoms with Gasteiger partial charge < -0.3 is 14.4 Å². The lowest BCUT2D eigenvalue weighted by atomic mass is 10.2. The predicted octanol–water partition coefficient (Wildman–Crippen LogP) is 3.29. The highest BCUT2D eigenvalue weighted by atomic mass is 16.5. The molecule has 3 aromatic rings. The summed E-state index contributed by atoms with van der Waals surface area (Å²) in [6.07, 6.45) is 2.55. The molecule has 1 aromatic heterocycles. The number of aromatic nitrogens is 1. The minimum Gasteiger partial charge on any atom is -0.486 e. The molecule has 0 spiro atoms. The quantitative estimate of drug-likeness (QED) is 0.710. The second-order valence-electron chi connectivity index (χ2n) is 6.30. The van der Waals surface area contributed by atoms with Gasteiger partial charge in [0.1, 0.15) is 23.1 Å². The minimum atomic E-state index is -0.0247. The molecule has 0 radical (unpaired) electrons. The molecule has 0 bridgehead atoms. The number of ether oxygens (including phenoxy) is 2. The Balaban J connectivity index is 1.35. The maximum atomic E-state index is 12.4. The largest absolute Gasteiger partial charge is 0.486 e. The summed E-state index contributed by atoms with van der Waals surface area (Å²) >= 11 is 0. The van der Waals surface area contributed by atoms with Gasteiger partial charge in [-0.15, -0.1) is 0 Å². The molecule has 2 heterocycles. The first-order valence-electron chi connectivity index (χ1n) is 8.75. The van der Waals surface area contributed by atoms with E-state index in [1.807, 2.05) is 60.7 Å². The monoisotopic (exact) mass is 348 g/mol. The number of carbonyl (C=O) groups excluding carboxylic acids is 1. The number of nitrogens with zero attached hydrogens (tertiary/aromatic N) is 2. The molecule has 5 nitrogen and oxygen atoms in total. The number of benzene rings is 2. The van der Waals surface area contributed by atoms with Crippen LogP contribution in [0.1, 0.15) is 6.42 Å². The van der Waals surface area contributed by atoms with Gasteiger partial charge >= 0.3 is 0 Å². The Morgan fingerprint density at radius 1 is 1.08 bits per heavy atom. The van der Waals surface area contributed by atoms with Crippen LogP contribution < -0.4 is 9.47 Å². The van der Waals surface area contributed by atoms with Crippen molar-refractivity contribution in [1.82, 2.24) is 9.88 Å². The molecule has 0 N–H and O–H groups in total. The fourth-order valence-corrected chi connectivity index (χ4v) is 3.15. The van der Waals surface area contributed by atoms with Crippen LogP contribution >= 0.6 is 0 Å². The first-order chi connectivity index (χ1) is 12.8. The fourth-order valence-electron chi connectivity index (χ4n) is 3.15. The second kappa shape index (κ2) is 7.44. The number of para-hydroxylation sites is 2. The summed E-state index contributed by atoms with van der Waals surface area (Å²) in [5.41, 5.74) is 0.854. The highest BCUT2D eigenvalue weighted by molar-refractivity contribution is 5.84. The van der Waals surface area contributed by atoms with Gasteiger partial charge in [0.25, 0.3) is 5.91 Å². The number of carbonyl (C=O) groups is 1. The van der Waals surface area contributed by atoms with Gasteiger partial charge in [-0.25, -0.2) is 0 Å². The van der Waals surface area contributed by atoms with Crippen LogP contribution in [-0.4, -0.2) is 41.6 Å². The molecule has 1 fully saturated rings. The number of amides is 1. The number of rotatable bonds is 5. The van der Waals surface area contributed by atoms with Crippen molar-refractivity contribution in [2.75, 3.05) is 19.7 Å². The van der Waals surface area contributed by atoms with E-state index in [0.29, 0.717) is 18.8 Å². The van der Waals surface area contributed by atoms with Crippen LogP contribution in [0.3, 0.4) is 0 Å². The summed E-state index contributed by atoms with van der Waals surface area (Å²) in [5.74, 6) is 1.45. The summed E-state index contributed by atoms with van der Waals surface area (Å²) in [6, 6.07) is 19.2. The number of pyridine rings is 1. The third-order valence-corrected chi connectivity index (χ3v) is 4.49. The van der Waals surface area contributed by atoms with E-state index in [1.165, 1.54) is 0 Å². The van der Waals surface area contributed by atoms with Crippen LogP contribution in [0.15, 0.2) is 66.9 Å². The van der Waals surface area contributed by atoms with Gasteiger partial charge in [0.05, 0.1) is 6.54 Å². The Labute approximate surface area is 152 Å². The first kappa shape index (κ1) is 16.4. The average Bonchev–Trinajstić information content (AvgIpc) is 3.16. The van der Waals surface area contributed by atoms with Crippen molar-refractivity contribution in [2.45, 2.75) is 12.5 Å². The third kappa shape index (κ3) is 3.61. The topological polar surface area (TPSA) is 51.7 Å². The number of hydrogen-bond acceptors (Lipinski definition) is 4. The Kier molecular flexibility index (Phi) is 4.69. The SMILES string of the molecule is O=C(COc1ccccc1)N1CCC(Oc2cccc3cccnc23)C1. The lowest BCUT2D eigenvalue weighted by Crippen LogP contribution is -2.34. The Bertz CT molecular complexity index is 893. The summed E-state index contributed by atoms with van der Waals surface area (Å²) < 4.78 is 11.7. The number of fused-ring (bicyclic) bond motifs is 1. The van der Waals surface area contributed by atoms with E-state index < -0.39 is 0 Å². The van der Waals surface area contributed by atoms with Crippen LogP contribution in [0.25, 0.3) is 10.9 Å². The van der Waals surface area contributed by atoms with E-state index in [2.05, 4.69) is 4.98 Å². The number of hydrogen-bond donors (Lipinski definition) is 0. The molecule has 4 rings (SSSR count). The second-order valence-corrected chi connectivity index (χ2v) is 6.30. The van der Waals surface area contributed by atoms with Gasteiger partial charge in [0.2, 0.25) is 0 Å². The van der Waals surface area contributed by atoms with E-state index in [0.717, 1.165) is 23.1 Å². The molecule has 1 aliphatic heterocycles. The maximum Gasteiger partial charge on any atom is 0.260 e. The van der Waals surface area contributed by atoms with Crippen molar-refractivity contribution in [2.24, 2.45) is 0 Å². The molecule has 0 aliphatic carbocycles. The molecule has 1 amide bonds. The maximum absolute atomic E-state index is 12.4. The average molecular weight is 348 g/mol. The molecule has 1 unspecified atom stereocenters. The van der Waals surface area contributed by atoms with Crippen LogP contribution in [0.2, 0.25) is 0 Å². The van der Waals surface area contributed by atoms with Gasteiger partial charge in [0.15, 0.2) is 6.61 Å². The van der Waals surface area contributed by atoms with Crippen LogP contribution in [0, 0.1) is 0 Å². The van der Waals surface area contributed by atoms with E-state index in [-0.39, 0.29) is 18.6 Å². The zero-order valence-corrected chi connectivity index (χ0v) is 14.4. The third-order valence-electron chi connectivity index (χ3n) is 4.49. The molecule has 0 saturated carbocycles. The number of likely N-dealkylation sites (tertiary alicyclic amines) is 1. The zero-order valence-electron chi connectivity index (χ0n) is 14.4. The van der Waals surface area contributed by atoms with Gasteiger partial charge in [-0.2, -0.15) is 0 Å². The molecule has 1 aliphatic rings. The van der Waals surface area contributed by atoms with Crippen molar-refractivity contribution in [3.8, 4) is 11.5 Å². The van der Waals surface area contributed by atoms with Gasteiger partial charge in [-0.1, -0.05) is 36.4 Å². The Morgan fingerprint density at radius 2 is 1.92 bits per heavy atom. The van der Waals surface area contributed by atoms with Crippen molar-refractivity contribution in [3.05, 3.63) is 66.9 Å². The molecular weight excluding hydrogens is 328 g/mol. The van der Waals surface area contributed by atoms with Gasteiger partial charge in [0, 0.05) is 24.5 Å². The molecule has 5 heteroatoms. The fraction of sp³-hybridized carbons (Fsp3) is 0.238. The Hall–Kier alpha value is -3.08. The van der Waals surface area contributed by atoms with E-state index in [9.17, 15) is 4.79 Å². The van der Waals surface area contributed by atoms with E-state index in [1.54, 1.807) is 11.1 Å². The minimum absolute atomic E-state index is 0.0176. The Morgan fingerprint density at radius 3 is 2.81 bits per heavy atom. The molecule has 1 atom stereocenters. The standard InChI is InChI=1S/C21H20N2O3/c24-20(15-25-17-8-2-1-3-9-17)23-13-11-18(14-23)26-19-10-4-6-16-7-5-12-22-21(16)19/h1-10,12,18H,11,13-15H2.